The monoisotopic (exact) mass is 364 g/mol. The van der Waals surface area contributed by atoms with Crippen LogP contribution in [0.2, 0.25) is 0 Å². The van der Waals surface area contributed by atoms with Crippen LogP contribution in [0.1, 0.15) is 30.4 Å². The summed E-state index contributed by atoms with van der Waals surface area (Å²) in [6, 6.07) is 10.3. The van der Waals surface area contributed by atoms with Crippen LogP contribution in [0.15, 0.2) is 45.9 Å². The number of halogens is 1. The third kappa shape index (κ3) is 2.77. The first-order valence-electron chi connectivity index (χ1n) is 6.99. The van der Waals surface area contributed by atoms with E-state index in [9.17, 15) is 4.79 Å². The zero-order chi connectivity index (χ0) is 15.0. The number of benzene rings is 1. The molecule has 2 heterocycles. The van der Waals surface area contributed by atoms with E-state index in [1.54, 1.807) is 0 Å². The van der Waals surface area contributed by atoms with E-state index in [-0.39, 0.29) is 11.9 Å². The summed E-state index contributed by atoms with van der Waals surface area (Å²) in [4.78, 5) is 16.1. The van der Waals surface area contributed by atoms with Crippen LogP contribution in [-0.2, 0) is 0 Å². The van der Waals surface area contributed by atoms with Gasteiger partial charge in [0.15, 0.2) is 0 Å². The molecule has 0 unspecified atom stereocenters. The lowest BCUT2D eigenvalue weighted by Gasteiger charge is -2.29. The van der Waals surface area contributed by atoms with Crippen LogP contribution in [0.5, 0.6) is 0 Å². The highest BCUT2D eigenvalue weighted by atomic mass is 79.9. The van der Waals surface area contributed by atoms with E-state index in [0.29, 0.717) is 0 Å². The third-order valence-electron chi connectivity index (χ3n) is 3.56. The van der Waals surface area contributed by atoms with Gasteiger partial charge in [-0.1, -0.05) is 12.1 Å². The maximum Gasteiger partial charge on any atom is 0.275 e. The minimum absolute atomic E-state index is 0.0714. The van der Waals surface area contributed by atoms with E-state index in [1.165, 1.54) is 4.90 Å². The Morgan fingerprint density at radius 2 is 2.10 bits per heavy atom. The van der Waals surface area contributed by atoms with Crippen LogP contribution in [0.4, 0.5) is 5.69 Å². The lowest BCUT2D eigenvalue weighted by atomic mass is 10.2. The molecule has 1 amide bonds. The van der Waals surface area contributed by atoms with Crippen LogP contribution >= 0.6 is 27.7 Å². The number of carbonyl (C=O) groups is 1. The van der Waals surface area contributed by atoms with E-state index in [0.717, 1.165) is 28.2 Å². The maximum absolute atomic E-state index is 13.0. The summed E-state index contributed by atoms with van der Waals surface area (Å²) in [5, 5.41) is 0. The second-order valence-electron chi connectivity index (χ2n) is 5.32. The Hall–Kier alpha value is -1.20. The first-order valence-corrected chi connectivity index (χ1v) is 8.77. The lowest BCUT2D eigenvalue weighted by Crippen LogP contribution is -2.36. The fraction of sp³-hybridized carbons (Fsp3) is 0.312. The van der Waals surface area contributed by atoms with Gasteiger partial charge in [-0.15, -0.1) is 11.8 Å². The highest BCUT2D eigenvalue weighted by molar-refractivity contribution is 9.10. The molecule has 21 heavy (non-hydrogen) atoms. The fourth-order valence-electron chi connectivity index (χ4n) is 2.56. The average Bonchev–Trinajstić information content (AvgIpc) is 2.88. The first kappa shape index (κ1) is 14.7. The summed E-state index contributed by atoms with van der Waals surface area (Å²) in [6.07, 6.45) is 1.97. The minimum Gasteiger partial charge on any atom is -0.340 e. The van der Waals surface area contributed by atoms with Gasteiger partial charge in [0.1, 0.15) is 5.69 Å². The van der Waals surface area contributed by atoms with Gasteiger partial charge in [0, 0.05) is 33.9 Å². The highest BCUT2D eigenvalue weighted by Crippen LogP contribution is 2.35. The molecule has 0 atom stereocenters. The van der Waals surface area contributed by atoms with Crippen molar-refractivity contribution in [1.29, 1.82) is 0 Å². The highest BCUT2D eigenvalue weighted by Gasteiger charge is 2.26. The van der Waals surface area contributed by atoms with Crippen LogP contribution in [0.25, 0.3) is 0 Å². The molecule has 3 nitrogen and oxygen atoms in total. The molecule has 0 saturated heterocycles. The second-order valence-corrected chi connectivity index (χ2v) is 7.37. The summed E-state index contributed by atoms with van der Waals surface area (Å²) in [7, 11) is 0. The maximum atomic E-state index is 13.0. The van der Waals surface area contributed by atoms with Gasteiger partial charge in [-0.3, -0.25) is 4.79 Å². The van der Waals surface area contributed by atoms with E-state index in [2.05, 4.69) is 35.8 Å². The zero-order valence-electron chi connectivity index (χ0n) is 12.0. The summed E-state index contributed by atoms with van der Waals surface area (Å²) >= 11 is 5.29. The molecule has 0 saturated carbocycles. The molecule has 2 aromatic rings. The van der Waals surface area contributed by atoms with Crippen LogP contribution in [-0.4, -0.2) is 22.8 Å². The van der Waals surface area contributed by atoms with Gasteiger partial charge in [-0.05, 0) is 48.0 Å². The molecule has 0 N–H and O–H groups in total. The minimum atomic E-state index is 0.0714. The van der Waals surface area contributed by atoms with Gasteiger partial charge in [-0.25, -0.2) is 0 Å². The lowest BCUT2D eigenvalue weighted by molar-refractivity contribution is 0.0977. The molecular weight excluding hydrogens is 348 g/mol. The van der Waals surface area contributed by atoms with E-state index in [4.69, 9.17) is 0 Å². The molecule has 1 aliphatic heterocycles. The third-order valence-corrected chi connectivity index (χ3v) is 5.04. The van der Waals surface area contributed by atoms with Gasteiger partial charge in [0.25, 0.3) is 5.91 Å². The number of amides is 1. The van der Waals surface area contributed by atoms with Crippen LogP contribution < -0.4 is 4.90 Å². The number of anilines is 1. The number of fused-ring (bicyclic) bond motifs is 1. The van der Waals surface area contributed by atoms with E-state index >= 15 is 0 Å². The summed E-state index contributed by atoms with van der Waals surface area (Å²) in [6.45, 7) is 4.92. The van der Waals surface area contributed by atoms with E-state index in [1.807, 2.05) is 51.7 Å². The number of hydrogen-bond acceptors (Lipinski definition) is 2. The van der Waals surface area contributed by atoms with Crippen molar-refractivity contribution in [2.75, 3.05) is 17.2 Å². The standard InChI is InChI=1S/C16H17BrN2OS/c1-11(2)19-10-12(17)9-14(19)16(20)18-7-8-21-15-6-4-3-5-13(15)18/h3-6,9-11H,7-8H2,1-2H3. The predicted molar refractivity (Wildman–Crippen MR) is 91.4 cm³/mol. The average molecular weight is 365 g/mol. The van der Waals surface area contributed by atoms with Crippen molar-refractivity contribution in [3.63, 3.8) is 0 Å². The number of para-hydroxylation sites is 1. The number of carbonyl (C=O) groups excluding carboxylic acids is 1. The molecule has 0 bridgehead atoms. The summed E-state index contributed by atoms with van der Waals surface area (Å²) in [5.41, 5.74) is 1.75. The molecule has 3 rings (SSSR count). The van der Waals surface area contributed by atoms with E-state index < -0.39 is 0 Å². The van der Waals surface area contributed by atoms with Gasteiger partial charge >= 0.3 is 0 Å². The Bertz CT molecular complexity index is 681. The molecule has 5 heteroatoms. The van der Waals surface area contributed by atoms with Crippen LogP contribution in [0, 0.1) is 0 Å². The van der Waals surface area contributed by atoms with Crippen molar-refractivity contribution in [3.05, 3.63) is 46.7 Å². The normalized spacial score (nSPS) is 14.4. The van der Waals surface area contributed by atoms with Crippen LogP contribution in [0.3, 0.4) is 0 Å². The predicted octanol–water partition coefficient (Wildman–Crippen LogP) is 4.58. The molecule has 0 aliphatic carbocycles. The molecule has 110 valence electrons. The number of hydrogen-bond donors (Lipinski definition) is 0. The van der Waals surface area contributed by atoms with Gasteiger partial charge in [-0.2, -0.15) is 0 Å². The molecule has 1 aromatic heterocycles. The zero-order valence-corrected chi connectivity index (χ0v) is 14.4. The molecular formula is C16H17BrN2OS. The molecule has 1 aromatic carbocycles. The largest absolute Gasteiger partial charge is 0.340 e. The first-order chi connectivity index (χ1) is 10.1. The summed E-state index contributed by atoms with van der Waals surface area (Å²) in [5.74, 6) is 1.01. The van der Waals surface area contributed by atoms with Gasteiger partial charge in [0.2, 0.25) is 0 Å². The number of aromatic nitrogens is 1. The smallest absolute Gasteiger partial charge is 0.275 e. The van der Waals surface area contributed by atoms with Gasteiger partial charge < -0.3 is 9.47 Å². The van der Waals surface area contributed by atoms with Crippen molar-refractivity contribution in [1.82, 2.24) is 4.57 Å². The fourth-order valence-corrected chi connectivity index (χ4v) is 4.00. The Labute approximate surface area is 137 Å². The van der Waals surface area contributed by atoms with Crippen molar-refractivity contribution < 1.29 is 4.79 Å². The Morgan fingerprint density at radius 1 is 1.33 bits per heavy atom. The topological polar surface area (TPSA) is 25.2 Å². The Balaban J connectivity index is 2.01. The molecule has 0 radical (unpaired) electrons. The molecule has 0 fully saturated rings. The van der Waals surface area contributed by atoms with Crippen molar-refractivity contribution in [2.24, 2.45) is 0 Å². The number of rotatable bonds is 2. The van der Waals surface area contributed by atoms with Crippen molar-refractivity contribution in [3.8, 4) is 0 Å². The van der Waals surface area contributed by atoms with Gasteiger partial charge in [0.05, 0.1) is 5.69 Å². The number of thioether (sulfide) groups is 1. The molecule has 1 aliphatic rings. The SMILES string of the molecule is CC(C)n1cc(Br)cc1C(=O)N1CCSc2ccccc21. The second kappa shape index (κ2) is 5.89. The number of nitrogens with zero attached hydrogens (tertiary/aromatic N) is 2. The quantitative estimate of drug-likeness (QED) is 0.778. The molecule has 0 spiro atoms. The van der Waals surface area contributed by atoms with Crippen molar-refractivity contribution >= 4 is 39.3 Å². The van der Waals surface area contributed by atoms with Crippen molar-refractivity contribution in [2.45, 2.75) is 24.8 Å². The summed E-state index contributed by atoms with van der Waals surface area (Å²) < 4.78 is 2.97. The Kier molecular flexibility index (Phi) is 4.13. The Morgan fingerprint density at radius 3 is 2.86 bits per heavy atom.